The molecule has 2 heterocycles. The number of hydrogen-bond acceptors (Lipinski definition) is 5. The number of thiophene rings is 1. The summed E-state index contributed by atoms with van der Waals surface area (Å²) in [5, 5.41) is 2.05. The molecule has 1 unspecified atom stereocenters. The molecule has 0 aliphatic rings. The maximum atomic E-state index is 5.82. The molecule has 0 saturated carbocycles. The van der Waals surface area contributed by atoms with Gasteiger partial charge in [-0.1, -0.05) is 12.1 Å². The highest BCUT2D eigenvalue weighted by atomic mass is 32.1. The number of hydrazine groups is 1. The first-order valence-corrected chi connectivity index (χ1v) is 5.88. The summed E-state index contributed by atoms with van der Waals surface area (Å²) in [5.74, 6) is 6.09. The molecule has 0 aliphatic carbocycles. The van der Waals surface area contributed by atoms with Crippen molar-refractivity contribution in [3.8, 4) is 0 Å². The Balaban J connectivity index is 2.20. The number of nitrogen functional groups attached to an aromatic ring is 1. The van der Waals surface area contributed by atoms with E-state index in [1.165, 1.54) is 4.88 Å². The van der Waals surface area contributed by atoms with E-state index < -0.39 is 0 Å². The van der Waals surface area contributed by atoms with E-state index in [1.54, 1.807) is 17.5 Å². The average Bonchev–Trinajstić information content (AvgIpc) is 2.80. The van der Waals surface area contributed by atoms with Crippen LogP contribution in [0.15, 0.2) is 35.8 Å². The highest BCUT2D eigenvalue weighted by Crippen LogP contribution is 2.23. The van der Waals surface area contributed by atoms with Crippen molar-refractivity contribution < 1.29 is 0 Å². The second-order valence-corrected chi connectivity index (χ2v) is 4.51. The number of nitrogens with two attached hydrogens (primary N) is 2. The molecule has 0 amide bonds. The topological polar surface area (TPSA) is 77.0 Å². The van der Waals surface area contributed by atoms with Crippen LogP contribution < -0.4 is 17.0 Å². The molecule has 4 nitrogen and oxygen atoms in total. The summed E-state index contributed by atoms with van der Waals surface area (Å²) in [7, 11) is 0. The van der Waals surface area contributed by atoms with Gasteiger partial charge in [-0.3, -0.25) is 11.3 Å². The Bertz CT molecular complexity index is 441. The van der Waals surface area contributed by atoms with E-state index >= 15 is 0 Å². The molecule has 84 valence electrons. The van der Waals surface area contributed by atoms with Crippen LogP contribution in [0.25, 0.3) is 0 Å². The molecule has 0 bridgehead atoms. The molecule has 2 aromatic heterocycles. The first kappa shape index (κ1) is 11.1. The average molecular weight is 234 g/mol. The molecule has 0 radical (unpaired) electrons. The van der Waals surface area contributed by atoms with Crippen molar-refractivity contribution in [1.82, 2.24) is 10.4 Å². The second kappa shape index (κ2) is 5.07. The van der Waals surface area contributed by atoms with Crippen LogP contribution in [0.5, 0.6) is 0 Å². The van der Waals surface area contributed by atoms with Gasteiger partial charge >= 0.3 is 0 Å². The van der Waals surface area contributed by atoms with Crippen LogP contribution in [-0.2, 0) is 6.42 Å². The van der Waals surface area contributed by atoms with Crippen LogP contribution in [0.2, 0.25) is 0 Å². The third-order valence-electron chi connectivity index (χ3n) is 2.43. The molecule has 16 heavy (non-hydrogen) atoms. The Labute approximate surface area is 98.3 Å². The molecular weight excluding hydrogens is 220 g/mol. The van der Waals surface area contributed by atoms with Crippen LogP contribution in [0.4, 0.5) is 5.82 Å². The van der Waals surface area contributed by atoms with Crippen molar-refractivity contribution in [3.63, 3.8) is 0 Å². The van der Waals surface area contributed by atoms with Crippen LogP contribution >= 0.6 is 11.3 Å². The largest absolute Gasteiger partial charge is 0.383 e. The molecule has 0 saturated heterocycles. The molecular formula is C11H14N4S. The number of pyridine rings is 1. The van der Waals surface area contributed by atoms with E-state index in [2.05, 4.69) is 21.9 Å². The van der Waals surface area contributed by atoms with Gasteiger partial charge in [0.1, 0.15) is 5.82 Å². The summed E-state index contributed by atoms with van der Waals surface area (Å²) in [5.41, 5.74) is 9.55. The van der Waals surface area contributed by atoms with Crippen molar-refractivity contribution >= 4 is 17.2 Å². The number of nitrogens with zero attached hydrogens (tertiary/aromatic N) is 1. The minimum absolute atomic E-state index is 0.00681. The smallest absolute Gasteiger partial charge is 0.128 e. The number of aromatic nitrogens is 1. The summed E-state index contributed by atoms with van der Waals surface area (Å²) in [6, 6.07) is 7.93. The van der Waals surface area contributed by atoms with Gasteiger partial charge in [-0.25, -0.2) is 4.98 Å². The molecule has 1 atom stereocenters. The highest BCUT2D eigenvalue weighted by Gasteiger charge is 2.14. The maximum absolute atomic E-state index is 5.82. The molecule has 5 N–H and O–H groups in total. The molecule has 5 heteroatoms. The quantitative estimate of drug-likeness (QED) is 0.553. The monoisotopic (exact) mass is 234 g/mol. The highest BCUT2D eigenvalue weighted by molar-refractivity contribution is 7.09. The summed E-state index contributed by atoms with van der Waals surface area (Å²) in [4.78, 5) is 5.33. The zero-order valence-electron chi connectivity index (χ0n) is 8.76. The Kier molecular flexibility index (Phi) is 3.51. The fraction of sp³-hybridized carbons (Fsp3) is 0.182. The number of nitrogens with one attached hydrogen (secondary N) is 1. The van der Waals surface area contributed by atoms with Crippen molar-refractivity contribution in [1.29, 1.82) is 0 Å². The van der Waals surface area contributed by atoms with Crippen LogP contribution in [0.3, 0.4) is 0 Å². The van der Waals surface area contributed by atoms with E-state index in [-0.39, 0.29) is 6.04 Å². The van der Waals surface area contributed by atoms with Crippen molar-refractivity contribution in [3.05, 3.63) is 46.3 Å². The van der Waals surface area contributed by atoms with Crippen LogP contribution in [-0.4, -0.2) is 4.98 Å². The van der Waals surface area contributed by atoms with Crippen LogP contribution in [0.1, 0.15) is 16.5 Å². The Hall–Kier alpha value is -1.43. The molecule has 0 aromatic carbocycles. The second-order valence-electron chi connectivity index (χ2n) is 3.48. The fourth-order valence-electron chi connectivity index (χ4n) is 1.61. The normalized spacial score (nSPS) is 12.6. The van der Waals surface area contributed by atoms with E-state index in [0.29, 0.717) is 5.82 Å². The predicted molar refractivity (Wildman–Crippen MR) is 66.7 cm³/mol. The molecule has 2 rings (SSSR count). The first-order chi connectivity index (χ1) is 7.81. The zero-order chi connectivity index (χ0) is 11.4. The minimum Gasteiger partial charge on any atom is -0.383 e. The Morgan fingerprint density at radius 2 is 2.25 bits per heavy atom. The number of hydrogen-bond donors (Lipinski definition) is 3. The lowest BCUT2D eigenvalue weighted by atomic mass is 10.0. The lowest BCUT2D eigenvalue weighted by Crippen LogP contribution is -2.30. The number of rotatable bonds is 4. The predicted octanol–water partition coefficient (Wildman–Crippen LogP) is 1.47. The van der Waals surface area contributed by atoms with Crippen molar-refractivity contribution in [2.45, 2.75) is 12.5 Å². The van der Waals surface area contributed by atoms with Crippen molar-refractivity contribution in [2.24, 2.45) is 5.84 Å². The number of anilines is 1. The lowest BCUT2D eigenvalue weighted by Gasteiger charge is -2.16. The minimum atomic E-state index is 0.00681. The van der Waals surface area contributed by atoms with Gasteiger partial charge in [-0.2, -0.15) is 0 Å². The lowest BCUT2D eigenvalue weighted by molar-refractivity contribution is 0.556. The zero-order valence-corrected chi connectivity index (χ0v) is 9.58. The summed E-state index contributed by atoms with van der Waals surface area (Å²) in [6.45, 7) is 0. The third-order valence-corrected chi connectivity index (χ3v) is 3.33. The van der Waals surface area contributed by atoms with Gasteiger partial charge < -0.3 is 5.73 Å². The van der Waals surface area contributed by atoms with Gasteiger partial charge in [0.25, 0.3) is 0 Å². The van der Waals surface area contributed by atoms with E-state index in [0.717, 1.165) is 12.0 Å². The summed E-state index contributed by atoms with van der Waals surface area (Å²) >= 11 is 1.71. The van der Waals surface area contributed by atoms with Crippen molar-refractivity contribution in [2.75, 3.05) is 5.73 Å². The molecule has 2 aromatic rings. The summed E-state index contributed by atoms with van der Waals surface area (Å²) in [6.07, 6.45) is 2.50. The molecule has 0 fully saturated rings. The standard InChI is InChI=1S/C11H14N4S/c12-11-9(4-1-5-14-11)10(15-13)7-8-3-2-6-16-8/h1-6,10,15H,7,13H2,(H2,12,14). The van der Waals surface area contributed by atoms with Gasteiger partial charge in [-0.05, 0) is 17.5 Å². The molecule has 0 spiro atoms. The Morgan fingerprint density at radius 3 is 2.88 bits per heavy atom. The van der Waals surface area contributed by atoms with Gasteiger partial charge in [0.15, 0.2) is 0 Å². The Morgan fingerprint density at radius 1 is 1.38 bits per heavy atom. The third kappa shape index (κ3) is 2.38. The van der Waals surface area contributed by atoms with Gasteiger partial charge in [0.05, 0.1) is 6.04 Å². The van der Waals surface area contributed by atoms with E-state index in [4.69, 9.17) is 11.6 Å². The van der Waals surface area contributed by atoms with E-state index in [1.807, 2.05) is 18.2 Å². The first-order valence-electron chi connectivity index (χ1n) is 5.00. The fourth-order valence-corrected chi connectivity index (χ4v) is 2.37. The van der Waals surface area contributed by atoms with Gasteiger partial charge in [0.2, 0.25) is 0 Å². The van der Waals surface area contributed by atoms with Gasteiger partial charge in [0, 0.05) is 23.1 Å². The van der Waals surface area contributed by atoms with Gasteiger partial charge in [-0.15, -0.1) is 11.3 Å². The SMILES string of the molecule is NNC(Cc1cccs1)c1cccnc1N. The summed E-state index contributed by atoms with van der Waals surface area (Å²) < 4.78 is 0. The van der Waals surface area contributed by atoms with Crippen LogP contribution in [0, 0.1) is 0 Å². The van der Waals surface area contributed by atoms with E-state index in [9.17, 15) is 0 Å². The maximum Gasteiger partial charge on any atom is 0.128 e. The molecule has 0 aliphatic heterocycles.